The molecule has 2 aromatic rings. The molecule has 5 heteroatoms. The molecule has 0 spiro atoms. The molecule has 0 fully saturated rings. The van der Waals surface area contributed by atoms with Crippen LogP contribution in [0.25, 0.3) is 0 Å². The summed E-state index contributed by atoms with van der Waals surface area (Å²) in [4.78, 5) is 2.25. The minimum absolute atomic E-state index is 0.283. The molecule has 17 heavy (non-hydrogen) atoms. The number of hydrogen-bond donors (Lipinski definition) is 0. The molecule has 0 aliphatic rings. The monoisotopic (exact) mass is 368 g/mol. The third-order valence-electron chi connectivity index (χ3n) is 2.30. The second kappa shape index (κ2) is 5.50. The first kappa shape index (κ1) is 13.7. The number of hydrogen-bond acceptors (Lipinski definition) is 1. The Labute approximate surface area is 128 Å². The van der Waals surface area contributed by atoms with E-state index in [-0.39, 0.29) is 5.38 Å². The predicted molar refractivity (Wildman–Crippen MR) is 80.9 cm³/mol. The fraction of sp³-hybridized carbons (Fsp3) is 0.167. The van der Waals surface area contributed by atoms with Crippen LogP contribution in [0.15, 0.2) is 28.7 Å². The van der Waals surface area contributed by atoms with Crippen molar-refractivity contribution in [2.45, 2.75) is 12.3 Å². The van der Waals surface area contributed by atoms with Gasteiger partial charge in [-0.15, -0.1) is 22.9 Å². The van der Waals surface area contributed by atoms with Gasteiger partial charge in [-0.05, 0) is 52.7 Å². The summed E-state index contributed by atoms with van der Waals surface area (Å²) in [5.74, 6) is 0. The van der Waals surface area contributed by atoms with Crippen molar-refractivity contribution in [1.29, 1.82) is 0 Å². The number of halogens is 4. The Morgan fingerprint density at radius 3 is 2.53 bits per heavy atom. The molecule has 0 N–H and O–H groups in total. The molecule has 0 amide bonds. The predicted octanol–water partition coefficient (Wildman–Crippen LogP) is 6.45. The lowest BCUT2D eigenvalue weighted by molar-refractivity contribution is 1.17. The molecule has 0 saturated carbocycles. The lowest BCUT2D eigenvalue weighted by Crippen LogP contribution is -1.92. The van der Waals surface area contributed by atoms with Crippen LogP contribution in [0, 0.1) is 6.92 Å². The summed E-state index contributed by atoms with van der Waals surface area (Å²) < 4.78 is 1.01. The molecule has 1 heterocycles. The SMILES string of the molecule is Cc1cc(Br)c(C(Cl)c2cc(Cl)ccc2Cl)s1. The van der Waals surface area contributed by atoms with Gasteiger partial charge in [-0.25, -0.2) is 0 Å². The summed E-state index contributed by atoms with van der Waals surface area (Å²) in [6, 6.07) is 7.38. The fourth-order valence-corrected chi connectivity index (χ4v) is 4.43. The maximum Gasteiger partial charge on any atom is 0.0954 e. The van der Waals surface area contributed by atoms with Crippen LogP contribution in [-0.4, -0.2) is 0 Å². The Bertz CT molecular complexity index is 551. The molecule has 0 aliphatic heterocycles. The summed E-state index contributed by atoms with van der Waals surface area (Å²) >= 11 is 23.7. The zero-order chi connectivity index (χ0) is 12.6. The van der Waals surface area contributed by atoms with Gasteiger partial charge >= 0.3 is 0 Å². The molecule has 90 valence electrons. The van der Waals surface area contributed by atoms with Crippen LogP contribution in [0.3, 0.4) is 0 Å². The van der Waals surface area contributed by atoms with Crippen molar-refractivity contribution in [3.05, 3.63) is 54.1 Å². The van der Waals surface area contributed by atoms with Crippen molar-refractivity contribution in [3.8, 4) is 0 Å². The molecule has 0 radical (unpaired) electrons. The van der Waals surface area contributed by atoms with Crippen molar-refractivity contribution in [3.63, 3.8) is 0 Å². The molecule has 1 atom stereocenters. The van der Waals surface area contributed by atoms with Gasteiger partial charge in [0.1, 0.15) is 0 Å². The van der Waals surface area contributed by atoms with Gasteiger partial charge in [0.2, 0.25) is 0 Å². The molecular formula is C12H8BrCl3S. The van der Waals surface area contributed by atoms with Crippen LogP contribution in [0.4, 0.5) is 0 Å². The average molecular weight is 371 g/mol. The van der Waals surface area contributed by atoms with Gasteiger partial charge < -0.3 is 0 Å². The molecule has 2 rings (SSSR count). The molecule has 0 nitrogen and oxygen atoms in total. The minimum atomic E-state index is -0.283. The number of alkyl halides is 1. The van der Waals surface area contributed by atoms with Gasteiger partial charge in [0.05, 0.1) is 5.38 Å². The Hall–Kier alpha value is 0.270. The van der Waals surface area contributed by atoms with E-state index in [2.05, 4.69) is 15.9 Å². The Morgan fingerprint density at radius 2 is 1.94 bits per heavy atom. The third-order valence-corrected chi connectivity index (χ3v) is 5.49. The minimum Gasteiger partial charge on any atom is -0.143 e. The first-order valence-corrected chi connectivity index (χ1v) is 7.64. The van der Waals surface area contributed by atoms with E-state index in [1.807, 2.05) is 19.1 Å². The first-order valence-electron chi connectivity index (χ1n) is 4.84. The van der Waals surface area contributed by atoms with E-state index >= 15 is 0 Å². The van der Waals surface area contributed by atoms with Crippen LogP contribution in [0.5, 0.6) is 0 Å². The van der Waals surface area contributed by atoms with Gasteiger partial charge in [-0.3, -0.25) is 0 Å². The lowest BCUT2D eigenvalue weighted by atomic mass is 10.1. The van der Waals surface area contributed by atoms with Crippen molar-refractivity contribution < 1.29 is 0 Å². The highest BCUT2D eigenvalue weighted by molar-refractivity contribution is 9.10. The molecule has 0 aliphatic carbocycles. The van der Waals surface area contributed by atoms with Crippen molar-refractivity contribution in [2.24, 2.45) is 0 Å². The van der Waals surface area contributed by atoms with Gasteiger partial charge in [-0.1, -0.05) is 23.2 Å². The fourth-order valence-electron chi connectivity index (χ4n) is 1.52. The van der Waals surface area contributed by atoms with E-state index in [0.717, 1.165) is 14.9 Å². The summed E-state index contributed by atoms with van der Waals surface area (Å²) in [6.07, 6.45) is 0. The number of benzene rings is 1. The average Bonchev–Trinajstić information content (AvgIpc) is 2.60. The molecule has 0 saturated heterocycles. The largest absolute Gasteiger partial charge is 0.143 e. The summed E-state index contributed by atoms with van der Waals surface area (Å²) in [5.41, 5.74) is 0.836. The van der Waals surface area contributed by atoms with E-state index in [4.69, 9.17) is 34.8 Å². The lowest BCUT2D eigenvalue weighted by Gasteiger charge is -2.11. The van der Waals surface area contributed by atoms with Gasteiger partial charge in [-0.2, -0.15) is 0 Å². The van der Waals surface area contributed by atoms with Crippen LogP contribution in [0.1, 0.15) is 20.7 Å². The topological polar surface area (TPSA) is 0 Å². The maximum absolute atomic E-state index is 6.46. The van der Waals surface area contributed by atoms with Crippen molar-refractivity contribution in [1.82, 2.24) is 0 Å². The number of thiophene rings is 1. The quantitative estimate of drug-likeness (QED) is 0.533. The van der Waals surface area contributed by atoms with E-state index in [0.29, 0.717) is 10.0 Å². The molecule has 1 aromatic heterocycles. The van der Waals surface area contributed by atoms with E-state index in [1.165, 1.54) is 4.88 Å². The molecule has 0 bridgehead atoms. The third kappa shape index (κ3) is 2.99. The molecule has 1 unspecified atom stereocenters. The van der Waals surface area contributed by atoms with Crippen LogP contribution < -0.4 is 0 Å². The van der Waals surface area contributed by atoms with Crippen molar-refractivity contribution >= 4 is 62.1 Å². The highest BCUT2D eigenvalue weighted by atomic mass is 79.9. The van der Waals surface area contributed by atoms with Gasteiger partial charge in [0, 0.05) is 24.3 Å². The van der Waals surface area contributed by atoms with Crippen LogP contribution >= 0.6 is 62.1 Å². The zero-order valence-corrected chi connectivity index (χ0v) is 13.5. The van der Waals surface area contributed by atoms with Gasteiger partial charge in [0.25, 0.3) is 0 Å². The smallest absolute Gasteiger partial charge is 0.0954 e. The normalized spacial score (nSPS) is 12.8. The van der Waals surface area contributed by atoms with Crippen LogP contribution in [0.2, 0.25) is 10.0 Å². The highest BCUT2D eigenvalue weighted by Crippen LogP contribution is 2.42. The number of aryl methyl sites for hydroxylation is 1. The van der Waals surface area contributed by atoms with Crippen LogP contribution in [-0.2, 0) is 0 Å². The summed E-state index contributed by atoms with van der Waals surface area (Å²) in [7, 11) is 0. The molecule has 1 aromatic carbocycles. The second-order valence-corrected chi connectivity index (χ2v) is 7.02. The standard InChI is InChI=1S/C12H8BrCl3S/c1-6-4-9(13)12(17-6)11(16)8-5-7(14)2-3-10(8)15/h2-5,11H,1H3. The molecular weight excluding hydrogens is 362 g/mol. The summed E-state index contributed by atoms with van der Waals surface area (Å²) in [6.45, 7) is 2.04. The Balaban J connectivity index is 2.46. The maximum atomic E-state index is 6.46. The number of rotatable bonds is 2. The first-order chi connectivity index (χ1) is 7.99. The van der Waals surface area contributed by atoms with Gasteiger partial charge in [0.15, 0.2) is 0 Å². The Kier molecular flexibility index (Phi) is 4.43. The highest BCUT2D eigenvalue weighted by Gasteiger charge is 2.19. The summed E-state index contributed by atoms with van der Waals surface area (Å²) in [5, 5.41) is 0.987. The van der Waals surface area contributed by atoms with E-state index in [9.17, 15) is 0 Å². The zero-order valence-electron chi connectivity index (χ0n) is 8.81. The Morgan fingerprint density at radius 1 is 1.24 bits per heavy atom. The van der Waals surface area contributed by atoms with Crippen molar-refractivity contribution in [2.75, 3.05) is 0 Å². The second-order valence-electron chi connectivity index (χ2n) is 3.60. The van der Waals surface area contributed by atoms with E-state index < -0.39 is 0 Å². The van der Waals surface area contributed by atoms with E-state index in [1.54, 1.807) is 23.5 Å².